The number of sulfonamides is 1. The Morgan fingerprint density at radius 1 is 0.868 bits per heavy atom. The van der Waals surface area contributed by atoms with Crippen molar-refractivity contribution in [1.82, 2.24) is 10.2 Å². The van der Waals surface area contributed by atoms with Crippen LogP contribution < -0.4 is 9.62 Å². The van der Waals surface area contributed by atoms with E-state index in [9.17, 15) is 18.0 Å². The molecular formula is C30H37N3O4S. The fraction of sp³-hybridized carbons (Fsp3) is 0.333. The number of aryl methyl sites for hydroxylation is 1. The van der Waals surface area contributed by atoms with Crippen LogP contribution in [0, 0.1) is 12.8 Å². The zero-order valence-corrected chi connectivity index (χ0v) is 23.3. The van der Waals surface area contributed by atoms with E-state index in [2.05, 4.69) is 5.32 Å². The number of hydrogen-bond acceptors (Lipinski definition) is 4. The van der Waals surface area contributed by atoms with Crippen molar-refractivity contribution in [2.75, 3.05) is 23.9 Å². The van der Waals surface area contributed by atoms with Gasteiger partial charge in [0.15, 0.2) is 0 Å². The van der Waals surface area contributed by atoms with Crippen LogP contribution in [0.4, 0.5) is 5.69 Å². The first-order valence-corrected chi connectivity index (χ1v) is 14.3. The van der Waals surface area contributed by atoms with Gasteiger partial charge in [-0.25, -0.2) is 8.42 Å². The standard InChI is InChI=1S/C30H37N3O4S/c1-23(2)21-31-30(35)25(4)32(19-18-26-13-7-5-8-14-26)29(34)22-33(27-15-11-12-24(3)20-27)38(36,37)28-16-9-6-10-17-28/h5-17,20,23,25H,18-19,21-22H2,1-4H3,(H,31,35)/t25-/m1/s1. The van der Waals surface area contributed by atoms with Crippen molar-refractivity contribution in [3.63, 3.8) is 0 Å². The second-order valence-electron chi connectivity index (χ2n) is 9.80. The van der Waals surface area contributed by atoms with Crippen LogP contribution in [-0.4, -0.2) is 50.8 Å². The minimum atomic E-state index is -4.05. The largest absolute Gasteiger partial charge is 0.354 e. The van der Waals surface area contributed by atoms with Crippen LogP contribution in [0.1, 0.15) is 31.9 Å². The van der Waals surface area contributed by atoms with Crippen LogP contribution in [0.5, 0.6) is 0 Å². The molecular weight excluding hydrogens is 498 g/mol. The average Bonchev–Trinajstić information content (AvgIpc) is 2.91. The Morgan fingerprint density at radius 3 is 2.11 bits per heavy atom. The number of nitrogens with one attached hydrogen (secondary N) is 1. The van der Waals surface area contributed by atoms with Gasteiger partial charge in [0.05, 0.1) is 10.6 Å². The van der Waals surface area contributed by atoms with Gasteiger partial charge in [-0.05, 0) is 61.6 Å². The van der Waals surface area contributed by atoms with Crippen molar-refractivity contribution >= 4 is 27.5 Å². The molecule has 0 aliphatic rings. The summed E-state index contributed by atoms with van der Waals surface area (Å²) in [4.78, 5) is 28.4. The van der Waals surface area contributed by atoms with E-state index in [1.54, 1.807) is 43.3 Å². The van der Waals surface area contributed by atoms with E-state index in [4.69, 9.17) is 0 Å². The maximum atomic E-state index is 13.8. The zero-order valence-electron chi connectivity index (χ0n) is 22.5. The second-order valence-corrected chi connectivity index (χ2v) is 11.7. The van der Waals surface area contributed by atoms with Gasteiger partial charge in [0, 0.05) is 13.1 Å². The molecule has 0 radical (unpaired) electrons. The third kappa shape index (κ3) is 7.68. The molecule has 0 bridgehead atoms. The van der Waals surface area contributed by atoms with Crippen molar-refractivity contribution < 1.29 is 18.0 Å². The number of rotatable bonds is 12. The molecule has 0 spiro atoms. The SMILES string of the molecule is Cc1cccc(N(CC(=O)N(CCc2ccccc2)[C@H](C)C(=O)NCC(C)C)S(=O)(=O)c2ccccc2)c1. The topological polar surface area (TPSA) is 86.8 Å². The Bertz CT molecular complexity index is 1310. The highest BCUT2D eigenvalue weighted by Crippen LogP contribution is 2.25. The van der Waals surface area contributed by atoms with Gasteiger partial charge in [0.2, 0.25) is 11.8 Å². The molecule has 0 aliphatic heterocycles. The number of hydrogen-bond donors (Lipinski definition) is 1. The number of amides is 2. The maximum Gasteiger partial charge on any atom is 0.264 e. The highest BCUT2D eigenvalue weighted by atomic mass is 32.2. The van der Waals surface area contributed by atoms with E-state index in [1.807, 2.05) is 57.2 Å². The minimum Gasteiger partial charge on any atom is -0.354 e. The zero-order chi connectivity index (χ0) is 27.7. The summed E-state index contributed by atoms with van der Waals surface area (Å²) in [6.45, 7) is 7.87. The lowest BCUT2D eigenvalue weighted by molar-refractivity contribution is -0.138. The van der Waals surface area contributed by atoms with Gasteiger partial charge in [0.25, 0.3) is 10.0 Å². The Morgan fingerprint density at radius 2 is 1.50 bits per heavy atom. The first-order valence-electron chi connectivity index (χ1n) is 12.8. The Hall–Kier alpha value is -3.65. The predicted molar refractivity (Wildman–Crippen MR) is 151 cm³/mol. The molecule has 0 unspecified atom stereocenters. The minimum absolute atomic E-state index is 0.0906. The Balaban J connectivity index is 1.94. The van der Waals surface area contributed by atoms with Crippen LogP contribution in [0.25, 0.3) is 0 Å². The van der Waals surface area contributed by atoms with Crippen molar-refractivity contribution in [3.8, 4) is 0 Å². The van der Waals surface area contributed by atoms with Gasteiger partial charge in [-0.2, -0.15) is 0 Å². The summed E-state index contributed by atoms with van der Waals surface area (Å²) in [5, 5.41) is 2.90. The Kier molecular flexibility index (Phi) is 10.1. The predicted octanol–water partition coefficient (Wildman–Crippen LogP) is 4.42. The lowest BCUT2D eigenvalue weighted by Gasteiger charge is -2.32. The van der Waals surface area contributed by atoms with Crippen LogP contribution in [-0.2, 0) is 26.0 Å². The van der Waals surface area contributed by atoms with Gasteiger partial charge in [-0.15, -0.1) is 0 Å². The van der Waals surface area contributed by atoms with Crippen LogP contribution in [0.15, 0.2) is 89.8 Å². The van der Waals surface area contributed by atoms with Crippen molar-refractivity contribution in [2.24, 2.45) is 5.92 Å². The molecule has 0 heterocycles. The normalized spacial score (nSPS) is 12.1. The van der Waals surface area contributed by atoms with Gasteiger partial charge in [-0.3, -0.25) is 13.9 Å². The fourth-order valence-corrected chi connectivity index (χ4v) is 5.48. The smallest absolute Gasteiger partial charge is 0.264 e. The van der Waals surface area contributed by atoms with E-state index < -0.39 is 28.5 Å². The first-order chi connectivity index (χ1) is 18.1. The fourth-order valence-electron chi connectivity index (χ4n) is 4.05. The van der Waals surface area contributed by atoms with E-state index in [-0.39, 0.29) is 23.3 Å². The second kappa shape index (κ2) is 13.2. The number of carbonyl (C=O) groups excluding carboxylic acids is 2. The molecule has 0 fully saturated rings. The lowest BCUT2D eigenvalue weighted by atomic mass is 10.1. The van der Waals surface area contributed by atoms with E-state index >= 15 is 0 Å². The molecule has 202 valence electrons. The molecule has 3 aromatic rings. The molecule has 8 heteroatoms. The molecule has 1 N–H and O–H groups in total. The summed E-state index contributed by atoms with van der Waals surface area (Å²) >= 11 is 0. The van der Waals surface area contributed by atoms with Crippen LogP contribution in [0.2, 0.25) is 0 Å². The summed E-state index contributed by atoms with van der Waals surface area (Å²) in [6, 6.07) is 24.0. The first kappa shape index (κ1) is 28.9. The molecule has 38 heavy (non-hydrogen) atoms. The van der Waals surface area contributed by atoms with Gasteiger partial charge in [0.1, 0.15) is 12.6 Å². The molecule has 0 saturated heterocycles. The van der Waals surface area contributed by atoms with E-state index in [0.29, 0.717) is 18.7 Å². The summed E-state index contributed by atoms with van der Waals surface area (Å²) in [5.41, 5.74) is 2.28. The number of carbonyl (C=O) groups is 2. The molecule has 7 nitrogen and oxygen atoms in total. The molecule has 0 aromatic heterocycles. The summed E-state index contributed by atoms with van der Waals surface area (Å²) < 4.78 is 28.6. The molecule has 2 amide bonds. The summed E-state index contributed by atoms with van der Waals surface area (Å²) in [7, 11) is -4.05. The monoisotopic (exact) mass is 535 g/mol. The van der Waals surface area contributed by atoms with Gasteiger partial charge < -0.3 is 10.2 Å². The average molecular weight is 536 g/mol. The van der Waals surface area contributed by atoms with Crippen molar-refractivity contribution in [3.05, 3.63) is 96.1 Å². The highest BCUT2D eigenvalue weighted by Gasteiger charge is 2.32. The van der Waals surface area contributed by atoms with E-state index in [0.717, 1.165) is 15.4 Å². The van der Waals surface area contributed by atoms with Gasteiger partial charge >= 0.3 is 0 Å². The quantitative estimate of drug-likeness (QED) is 0.372. The van der Waals surface area contributed by atoms with Crippen molar-refractivity contribution in [2.45, 2.75) is 45.1 Å². The summed E-state index contributed by atoms with van der Waals surface area (Å²) in [6.07, 6.45) is 0.532. The number of anilines is 1. The molecule has 3 aromatic carbocycles. The van der Waals surface area contributed by atoms with Gasteiger partial charge in [-0.1, -0.05) is 74.5 Å². The lowest BCUT2D eigenvalue weighted by Crippen LogP contribution is -2.52. The molecule has 3 rings (SSSR count). The molecule has 0 saturated carbocycles. The third-order valence-electron chi connectivity index (χ3n) is 6.24. The molecule has 1 atom stereocenters. The van der Waals surface area contributed by atoms with Crippen molar-refractivity contribution in [1.29, 1.82) is 0 Å². The Labute approximate surface area is 226 Å². The highest BCUT2D eigenvalue weighted by molar-refractivity contribution is 7.92. The van der Waals surface area contributed by atoms with Crippen LogP contribution >= 0.6 is 0 Å². The van der Waals surface area contributed by atoms with E-state index in [1.165, 1.54) is 17.0 Å². The van der Waals surface area contributed by atoms with Crippen LogP contribution in [0.3, 0.4) is 0 Å². The third-order valence-corrected chi connectivity index (χ3v) is 8.02. The number of benzene rings is 3. The molecule has 0 aliphatic carbocycles. The summed E-state index contributed by atoms with van der Waals surface area (Å²) in [5.74, 6) is -0.463. The maximum absolute atomic E-state index is 13.8. The number of nitrogens with zero attached hydrogens (tertiary/aromatic N) is 2.